The number of para-hydroxylation sites is 1. The second-order valence-corrected chi connectivity index (χ2v) is 14.1. The lowest BCUT2D eigenvalue weighted by molar-refractivity contribution is 1.15. The molecule has 0 radical (unpaired) electrons. The second-order valence-electron chi connectivity index (χ2n) is 14.1. The van der Waals surface area contributed by atoms with E-state index >= 15 is 0 Å². The van der Waals surface area contributed by atoms with E-state index in [2.05, 4.69) is 172 Å². The molecule has 8 rings (SSSR count). The van der Waals surface area contributed by atoms with Crippen LogP contribution in [-0.2, 0) is 0 Å². The lowest BCUT2D eigenvalue weighted by Crippen LogP contribution is -1.89. The third-order valence-corrected chi connectivity index (χ3v) is 9.53. The second kappa shape index (κ2) is 16.2. The molecule has 0 saturated carbocycles. The summed E-state index contributed by atoms with van der Waals surface area (Å²) >= 11 is 0. The lowest BCUT2D eigenvalue weighted by atomic mass is 10.0. The number of fused-ring (bicyclic) bond motifs is 4. The summed E-state index contributed by atoms with van der Waals surface area (Å²) in [6.45, 7) is 25.1. The standard InChI is InChI=1S/4C12H13N/c1-8-5-4-6-11-10(3)13-9(2)7-12(8)11;1-8-5-4-6-11-7-9(2)13-10(3)12(8)11;1-8-5-4-6-11-12(8)9(2)7-10(3)13-11;1-8-5-4-6-11-9(2)7-10(3)13-12(8)11/h4*4-7H,1-3H3. The Bertz CT molecular complexity index is 2370. The van der Waals surface area contributed by atoms with Gasteiger partial charge in [-0.1, -0.05) is 66.7 Å². The summed E-state index contributed by atoms with van der Waals surface area (Å²) in [4.78, 5) is 17.9. The zero-order valence-corrected chi connectivity index (χ0v) is 33.0. The number of hydrogen-bond acceptors (Lipinski definition) is 4. The summed E-state index contributed by atoms with van der Waals surface area (Å²) in [5.74, 6) is 0. The summed E-state index contributed by atoms with van der Waals surface area (Å²) in [6, 6.07) is 33.8. The maximum atomic E-state index is 4.54. The molecule has 0 saturated heterocycles. The van der Waals surface area contributed by atoms with Gasteiger partial charge in [0.25, 0.3) is 0 Å². The number of benzene rings is 4. The molecular formula is C48H52N4. The molecule has 0 fully saturated rings. The fourth-order valence-corrected chi connectivity index (χ4v) is 7.23. The van der Waals surface area contributed by atoms with Crippen molar-refractivity contribution in [3.8, 4) is 0 Å². The Kier molecular flexibility index (Phi) is 11.8. The molecule has 8 aromatic rings. The molecule has 0 bridgehead atoms. The average Bonchev–Trinajstić information content (AvgIpc) is 3.06. The number of aromatic nitrogens is 4. The first-order valence-electron chi connectivity index (χ1n) is 18.1. The van der Waals surface area contributed by atoms with Crippen molar-refractivity contribution in [3.63, 3.8) is 0 Å². The fraction of sp³-hybridized carbons (Fsp3) is 0.250. The van der Waals surface area contributed by atoms with E-state index in [9.17, 15) is 0 Å². The molecular weight excluding hydrogens is 633 g/mol. The summed E-state index contributed by atoms with van der Waals surface area (Å²) in [5.41, 5.74) is 16.7. The normalized spacial score (nSPS) is 10.7. The van der Waals surface area contributed by atoms with Crippen molar-refractivity contribution in [2.45, 2.75) is 83.1 Å². The molecule has 4 aromatic heterocycles. The van der Waals surface area contributed by atoms with Gasteiger partial charge in [-0.15, -0.1) is 0 Å². The van der Waals surface area contributed by atoms with Crippen LogP contribution < -0.4 is 0 Å². The zero-order valence-electron chi connectivity index (χ0n) is 33.0. The SMILES string of the molecule is Cc1cc(C)c2c(C)cccc2n1.Cc1cc(C)c2cccc(C)c2n1.Cc1cc2c(C)cccc2c(C)n1.Cc1cc2cccc(C)c2c(C)n1. The van der Waals surface area contributed by atoms with E-state index in [4.69, 9.17) is 0 Å². The molecule has 4 heteroatoms. The zero-order chi connectivity index (χ0) is 37.7. The average molecular weight is 685 g/mol. The Morgan fingerprint density at radius 1 is 0.327 bits per heavy atom. The Morgan fingerprint density at radius 3 is 1.58 bits per heavy atom. The minimum atomic E-state index is 1.09. The molecule has 0 aliphatic heterocycles. The van der Waals surface area contributed by atoms with E-state index in [1.165, 1.54) is 65.7 Å². The molecule has 4 aromatic carbocycles. The molecule has 0 unspecified atom stereocenters. The van der Waals surface area contributed by atoms with Crippen molar-refractivity contribution in [2.24, 2.45) is 0 Å². The summed E-state index contributed by atoms with van der Waals surface area (Å²) in [6.07, 6.45) is 0. The summed E-state index contributed by atoms with van der Waals surface area (Å²) in [5, 5.41) is 7.76. The molecule has 264 valence electrons. The fourth-order valence-electron chi connectivity index (χ4n) is 7.23. The summed E-state index contributed by atoms with van der Waals surface area (Å²) < 4.78 is 0. The van der Waals surface area contributed by atoms with Crippen molar-refractivity contribution < 1.29 is 0 Å². The Balaban J connectivity index is 0.000000134. The monoisotopic (exact) mass is 684 g/mol. The Hall–Kier alpha value is -5.48. The topological polar surface area (TPSA) is 51.6 Å². The smallest absolute Gasteiger partial charge is 0.0736 e. The highest BCUT2D eigenvalue weighted by molar-refractivity contribution is 5.89. The minimum absolute atomic E-state index is 1.09. The van der Waals surface area contributed by atoms with E-state index < -0.39 is 0 Å². The van der Waals surface area contributed by atoms with Gasteiger partial charge in [0.1, 0.15) is 0 Å². The maximum Gasteiger partial charge on any atom is 0.0736 e. The predicted molar refractivity (Wildman–Crippen MR) is 224 cm³/mol. The Morgan fingerprint density at radius 2 is 0.846 bits per heavy atom. The van der Waals surface area contributed by atoms with Crippen molar-refractivity contribution in [1.29, 1.82) is 0 Å². The van der Waals surface area contributed by atoms with Crippen LogP contribution in [-0.4, -0.2) is 19.9 Å². The van der Waals surface area contributed by atoms with Crippen LogP contribution in [0.2, 0.25) is 0 Å². The third kappa shape index (κ3) is 8.69. The molecule has 0 N–H and O–H groups in total. The van der Waals surface area contributed by atoms with Gasteiger partial charge >= 0.3 is 0 Å². The first kappa shape index (κ1) is 37.8. The Labute approximate surface area is 310 Å². The molecule has 0 atom stereocenters. The number of pyridine rings is 4. The predicted octanol–water partition coefficient (Wildman–Crippen LogP) is 12.6. The summed E-state index contributed by atoms with van der Waals surface area (Å²) in [7, 11) is 0. The van der Waals surface area contributed by atoms with Gasteiger partial charge in [0.05, 0.1) is 11.0 Å². The number of nitrogens with zero attached hydrogens (tertiary/aromatic N) is 4. The van der Waals surface area contributed by atoms with Crippen molar-refractivity contribution in [1.82, 2.24) is 19.9 Å². The highest BCUT2D eigenvalue weighted by Gasteiger charge is 2.04. The van der Waals surface area contributed by atoms with Crippen molar-refractivity contribution in [2.75, 3.05) is 0 Å². The van der Waals surface area contributed by atoms with Crippen LogP contribution in [0.25, 0.3) is 43.4 Å². The largest absolute Gasteiger partial charge is 0.258 e. The molecule has 0 aliphatic rings. The lowest BCUT2D eigenvalue weighted by Gasteiger charge is -2.05. The van der Waals surface area contributed by atoms with Gasteiger partial charge in [-0.2, -0.15) is 0 Å². The van der Waals surface area contributed by atoms with Gasteiger partial charge in [0, 0.05) is 55.7 Å². The van der Waals surface area contributed by atoms with Crippen molar-refractivity contribution >= 4 is 43.4 Å². The molecule has 52 heavy (non-hydrogen) atoms. The van der Waals surface area contributed by atoms with E-state index in [-0.39, 0.29) is 0 Å². The first-order chi connectivity index (χ1) is 24.7. The van der Waals surface area contributed by atoms with Gasteiger partial charge in [-0.25, -0.2) is 0 Å². The third-order valence-electron chi connectivity index (χ3n) is 9.53. The van der Waals surface area contributed by atoms with Crippen LogP contribution in [0.3, 0.4) is 0 Å². The maximum absolute atomic E-state index is 4.54. The van der Waals surface area contributed by atoms with Crippen LogP contribution >= 0.6 is 0 Å². The van der Waals surface area contributed by atoms with Crippen LogP contribution in [0.15, 0.2) is 97.1 Å². The van der Waals surface area contributed by atoms with Crippen LogP contribution in [0.4, 0.5) is 0 Å². The number of hydrogen-bond donors (Lipinski definition) is 0. The van der Waals surface area contributed by atoms with Gasteiger partial charge in [0.2, 0.25) is 0 Å². The van der Waals surface area contributed by atoms with Gasteiger partial charge in [-0.3, -0.25) is 19.9 Å². The van der Waals surface area contributed by atoms with Gasteiger partial charge < -0.3 is 0 Å². The van der Waals surface area contributed by atoms with Crippen LogP contribution in [0.1, 0.15) is 67.5 Å². The molecule has 0 spiro atoms. The van der Waals surface area contributed by atoms with Gasteiger partial charge in [-0.05, 0) is 158 Å². The number of rotatable bonds is 0. The van der Waals surface area contributed by atoms with E-state index in [0.29, 0.717) is 0 Å². The van der Waals surface area contributed by atoms with E-state index in [1.54, 1.807) is 0 Å². The molecule has 0 amide bonds. The highest BCUT2D eigenvalue weighted by Crippen LogP contribution is 2.24. The van der Waals surface area contributed by atoms with Gasteiger partial charge in [0.15, 0.2) is 0 Å². The molecule has 4 heterocycles. The highest BCUT2D eigenvalue weighted by atomic mass is 14.7. The van der Waals surface area contributed by atoms with E-state index in [1.807, 2.05) is 27.7 Å². The van der Waals surface area contributed by atoms with Crippen LogP contribution in [0, 0.1) is 83.1 Å². The molecule has 4 nitrogen and oxygen atoms in total. The van der Waals surface area contributed by atoms with E-state index in [0.717, 1.165) is 45.2 Å². The first-order valence-corrected chi connectivity index (χ1v) is 18.1. The van der Waals surface area contributed by atoms with Crippen LogP contribution in [0.5, 0.6) is 0 Å². The molecule has 0 aliphatic carbocycles. The number of aryl methyl sites for hydroxylation is 12. The quantitative estimate of drug-likeness (QED) is 0.160. The minimum Gasteiger partial charge on any atom is -0.258 e. The van der Waals surface area contributed by atoms with Crippen molar-refractivity contribution in [3.05, 3.63) is 165 Å².